The van der Waals surface area contributed by atoms with Gasteiger partial charge in [0.2, 0.25) is 0 Å². The van der Waals surface area contributed by atoms with Crippen molar-refractivity contribution in [2.45, 2.75) is 12.8 Å². The van der Waals surface area contributed by atoms with Gasteiger partial charge in [-0.3, -0.25) is 19.8 Å². The number of thioether (sulfide) groups is 1. The van der Waals surface area contributed by atoms with Crippen LogP contribution in [0, 0.1) is 10.1 Å². The van der Waals surface area contributed by atoms with Crippen molar-refractivity contribution in [1.29, 1.82) is 0 Å². The first-order chi connectivity index (χ1) is 10.9. The molecule has 1 aromatic carbocycles. The average molecular weight is 351 g/mol. The molecule has 1 heterocycles. The van der Waals surface area contributed by atoms with Crippen molar-refractivity contribution < 1.29 is 19.6 Å². The number of carboxylic acids is 1. The number of benzene rings is 1. The summed E-state index contributed by atoms with van der Waals surface area (Å²) in [5, 5.41) is 21.2. The molecule has 23 heavy (non-hydrogen) atoms. The van der Waals surface area contributed by atoms with Gasteiger partial charge >= 0.3 is 0 Å². The molecule has 1 aliphatic heterocycles. The minimum Gasteiger partial charge on any atom is -0.550 e. The summed E-state index contributed by atoms with van der Waals surface area (Å²) in [6, 6.07) is 5.91. The molecule has 0 aromatic heterocycles. The molecule has 120 valence electrons. The maximum atomic E-state index is 12.3. The summed E-state index contributed by atoms with van der Waals surface area (Å²) in [5.74, 6) is -1.51. The van der Waals surface area contributed by atoms with E-state index in [0.717, 1.165) is 11.8 Å². The first-order valence-corrected chi connectivity index (χ1v) is 7.80. The SMILES string of the molecule is O=C([O-])CCCN1C(=O)/C(=C/c2cccc([N+](=O)[O-])c2)SC1=S. The van der Waals surface area contributed by atoms with Crippen molar-refractivity contribution in [1.82, 2.24) is 4.90 Å². The van der Waals surface area contributed by atoms with Crippen LogP contribution >= 0.6 is 24.0 Å². The van der Waals surface area contributed by atoms with Gasteiger partial charge in [-0.25, -0.2) is 0 Å². The Kier molecular flexibility index (Phi) is 5.45. The van der Waals surface area contributed by atoms with Gasteiger partial charge in [0.05, 0.1) is 9.83 Å². The Balaban J connectivity index is 2.13. The lowest BCUT2D eigenvalue weighted by molar-refractivity contribution is -0.384. The van der Waals surface area contributed by atoms with E-state index in [9.17, 15) is 24.8 Å². The second-order valence-electron chi connectivity index (χ2n) is 4.66. The monoisotopic (exact) mass is 351 g/mol. The van der Waals surface area contributed by atoms with Gasteiger partial charge in [-0.15, -0.1) is 0 Å². The Morgan fingerprint density at radius 1 is 1.43 bits per heavy atom. The Bertz CT molecular complexity index is 717. The number of hydrogen-bond acceptors (Lipinski definition) is 7. The van der Waals surface area contributed by atoms with E-state index < -0.39 is 10.9 Å². The third kappa shape index (κ3) is 4.36. The second kappa shape index (κ2) is 7.34. The molecule has 0 atom stereocenters. The Hall–Kier alpha value is -2.26. The summed E-state index contributed by atoms with van der Waals surface area (Å²) in [5.41, 5.74) is 0.456. The second-order valence-corrected chi connectivity index (χ2v) is 6.34. The summed E-state index contributed by atoms with van der Waals surface area (Å²) < 4.78 is 0.338. The number of amides is 1. The normalized spacial score (nSPS) is 16.2. The molecule has 0 N–H and O–H groups in total. The van der Waals surface area contributed by atoms with Gasteiger partial charge in [-0.1, -0.05) is 36.1 Å². The molecule has 0 saturated carbocycles. The number of carbonyl (C=O) groups is 2. The molecule has 0 unspecified atom stereocenters. The predicted molar refractivity (Wildman–Crippen MR) is 87.2 cm³/mol. The summed E-state index contributed by atoms with van der Waals surface area (Å²) in [6.07, 6.45) is 1.63. The van der Waals surface area contributed by atoms with Crippen molar-refractivity contribution in [2.24, 2.45) is 0 Å². The Labute approximate surface area is 141 Å². The number of carboxylic acid groups (broad SMARTS) is 1. The molecule has 1 aromatic rings. The van der Waals surface area contributed by atoms with Crippen LogP contribution in [0.25, 0.3) is 6.08 Å². The van der Waals surface area contributed by atoms with Crippen LogP contribution in [-0.2, 0) is 9.59 Å². The summed E-state index contributed by atoms with van der Waals surface area (Å²) in [6.45, 7) is 0.199. The molecule has 9 heteroatoms. The molecule has 7 nitrogen and oxygen atoms in total. The van der Waals surface area contributed by atoms with Crippen LogP contribution in [0.4, 0.5) is 5.69 Å². The lowest BCUT2D eigenvalue weighted by atomic mass is 10.2. The number of nitro benzene ring substituents is 1. The number of hydrogen-bond donors (Lipinski definition) is 0. The maximum Gasteiger partial charge on any atom is 0.270 e. The topological polar surface area (TPSA) is 104 Å². The molecule has 0 aliphatic carbocycles. The van der Waals surface area contributed by atoms with Crippen molar-refractivity contribution in [2.75, 3.05) is 6.54 Å². The van der Waals surface area contributed by atoms with E-state index in [1.807, 2.05) is 0 Å². The number of carbonyl (C=O) groups excluding carboxylic acids is 2. The Morgan fingerprint density at radius 3 is 2.83 bits per heavy atom. The van der Waals surface area contributed by atoms with Crippen LogP contribution in [0.5, 0.6) is 0 Å². The fraction of sp³-hybridized carbons (Fsp3) is 0.214. The summed E-state index contributed by atoms with van der Waals surface area (Å²) in [4.78, 5) is 34.6. The fourth-order valence-corrected chi connectivity index (χ4v) is 3.26. The highest BCUT2D eigenvalue weighted by Crippen LogP contribution is 2.33. The van der Waals surface area contributed by atoms with E-state index in [1.54, 1.807) is 6.07 Å². The first-order valence-electron chi connectivity index (χ1n) is 6.58. The first kappa shape index (κ1) is 17.1. The van der Waals surface area contributed by atoms with Gasteiger partial charge in [0.1, 0.15) is 4.32 Å². The third-order valence-corrected chi connectivity index (χ3v) is 4.39. The maximum absolute atomic E-state index is 12.3. The van der Waals surface area contributed by atoms with Gasteiger partial charge in [0, 0.05) is 24.6 Å². The molecular formula is C14H11N2O5S2-. The van der Waals surface area contributed by atoms with E-state index >= 15 is 0 Å². The Morgan fingerprint density at radius 2 is 2.17 bits per heavy atom. The van der Waals surface area contributed by atoms with Gasteiger partial charge in [0.25, 0.3) is 11.6 Å². The quantitative estimate of drug-likeness (QED) is 0.329. The van der Waals surface area contributed by atoms with Crippen molar-refractivity contribution in [3.05, 3.63) is 44.8 Å². The number of nitro groups is 1. The van der Waals surface area contributed by atoms with Crippen molar-refractivity contribution in [3.63, 3.8) is 0 Å². The minimum atomic E-state index is -1.18. The average Bonchev–Trinajstić information content (AvgIpc) is 2.74. The van der Waals surface area contributed by atoms with Crippen LogP contribution in [0.15, 0.2) is 29.2 Å². The van der Waals surface area contributed by atoms with Gasteiger partial charge in [-0.05, 0) is 24.5 Å². The van der Waals surface area contributed by atoms with E-state index in [1.165, 1.54) is 29.2 Å². The number of aliphatic carboxylic acids is 1. The molecule has 1 fully saturated rings. The predicted octanol–water partition coefficient (Wildman–Crippen LogP) is 1.33. The van der Waals surface area contributed by atoms with Crippen LogP contribution in [0.2, 0.25) is 0 Å². The van der Waals surface area contributed by atoms with Gasteiger partial charge < -0.3 is 9.90 Å². The lowest BCUT2D eigenvalue weighted by Gasteiger charge is -2.14. The van der Waals surface area contributed by atoms with Crippen LogP contribution in [0.1, 0.15) is 18.4 Å². The molecular weight excluding hydrogens is 340 g/mol. The number of non-ortho nitro benzene ring substituents is 1. The molecule has 1 saturated heterocycles. The standard InChI is InChI=1S/C14H12N2O5S2/c17-12(18)5-2-6-15-13(19)11(23-14(15)22)8-9-3-1-4-10(7-9)16(20)21/h1,3-4,7-8H,2,5-6H2,(H,17,18)/p-1/b11-8-. The highest BCUT2D eigenvalue weighted by atomic mass is 32.2. The van der Waals surface area contributed by atoms with E-state index in [4.69, 9.17) is 12.2 Å². The van der Waals surface area contributed by atoms with Crippen LogP contribution in [-0.4, -0.2) is 32.6 Å². The molecule has 0 radical (unpaired) electrons. The van der Waals surface area contributed by atoms with Gasteiger partial charge in [-0.2, -0.15) is 0 Å². The van der Waals surface area contributed by atoms with E-state index in [0.29, 0.717) is 14.8 Å². The molecule has 1 aliphatic rings. The zero-order valence-corrected chi connectivity index (χ0v) is 13.4. The van der Waals surface area contributed by atoms with Crippen LogP contribution in [0.3, 0.4) is 0 Å². The van der Waals surface area contributed by atoms with Crippen molar-refractivity contribution in [3.8, 4) is 0 Å². The molecule has 2 rings (SSSR count). The smallest absolute Gasteiger partial charge is 0.270 e. The number of nitrogens with zero attached hydrogens (tertiary/aromatic N) is 2. The highest BCUT2D eigenvalue weighted by Gasteiger charge is 2.31. The highest BCUT2D eigenvalue weighted by molar-refractivity contribution is 8.26. The summed E-state index contributed by atoms with van der Waals surface area (Å²) in [7, 11) is 0. The zero-order chi connectivity index (χ0) is 17.0. The molecule has 1 amide bonds. The van der Waals surface area contributed by atoms with Crippen LogP contribution < -0.4 is 5.11 Å². The van der Waals surface area contributed by atoms with Gasteiger partial charge in [0.15, 0.2) is 0 Å². The molecule has 0 spiro atoms. The lowest BCUT2D eigenvalue weighted by Crippen LogP contribution is -2.30. The van der Waals surface area contributed by atoms with E-state index in [-0.39, 0.29) is 31.0 Å². The molecule has 0 bridgehead atoms. The number of thiocarbonyl (C=S) groups is 1. The minimum absolute atomic E-state index is 0.0665. The summed E-state index contributed by atoms with van der Waals surface area (Å²) >= 11 is 6.20. The van der Waals surface area contributed by atoms with Crippen molar-refractivity contribution >= 4 is 51.9 Å². The fourth-order valence-electron chi connectivity index (χ4n) is 1.95. The largest absolute Gasteiger partial charge is 0.550 e. The van der Waals surface area contributed by atoms with E-state index in [2.05, 4.69) is 0 Å². The zero-order valence-electron chi connectivity index (χ0n) is 11.8. The third-order valence-electron chi connectivity index (χ3n) is 3.02. The number of rotatable bonds is 6.